The number of pyridine rings is 1. The summed E-state index contributed by atoms with van der Waals surface area (Å²) in [4.78, 5) is 6.79. The molecule has 0 fully saturated rings. The molecule has 1 heterocycles. The molecule has 2 aromatic rings. The van der Waals surface area contributed by atoms with Crippen LogP contribution < -0.4 is 15.4 Å². The van der Waals surface area contributed by atoms with Gasteiger partial charge in [-0.3, -0.25) is 0 Å². The summed E-state index contributed by atoms with van der Waals surface area (Å²) in [7, 11) is 3.61. The third-order valence-corrected chi connectivity index (χ3v) is 3.20. The number of thiocarbonyl (C=S) groups is 1. The van der Waals surface area contributed by atoms with Crippen molar-refractivity contribution in [3.8, 4) is 5.75 Å². The summed E-state index contributed by atoms with van der Waals surface area (Å²) in [6.07, 6.45) is 1.75. The minimum Gasteiger partial charge on any atom is -0.493 e. The molecule has 0 spiro atoms. The number of ether oxygens (including phenoxy) is 1. The van der Waals surface area contributed by atoms with Gasteiger partial charge in [-0.2, -0.15) is 0 Å². The average molecular weight is 287 g/mol. The van der Waals surface area contributed by atoms with Crippen molar-refractivity contribution in [2.24, 2.45) is 5.73 Å². The molecule has 0 saturated heterocycles. The number of aromatic nitrogens is 1. The van der Waals surface area contributed by atoms with Crippen molar-refractivity contribution < 1.29 is 4.74 Å². The number of benzene rings is 1. The van der Waals surface area contributed by atoms with Gasteiger partial charge in [-0.25, -0.2) is 4.98 Å². The maximum absolute atomic E-state index is 5.66. The predicted molar refractivity (Wildman–Crippen MR) is 85.2 cm³/mol. The Hall–Kier alpha value is -2.14. The second-order valence-corrected chi connectivity index (χ2v) is 4.89. The van der Waals surface area contributed by atoms with Crippen molar-refractivity contribution >= 4 is 23.0 Å². The lowest BCUT2D eigenvalue weighted by Gasteiger charge is -2.20. The van der Waals surface area contributed by atoms with Crippen molar-refractivity contribution in [1.82, 2.24) is 4.98 Å². The highest BCUT2D eigenvalue weighted by atomic mass is 32.1. The Morgan fingerprint density at radius 3 is 2.85 bits per heavy atom. The van der Waals surface area contributed by atoms with E-state index in [-0.39, 0.29) is 0 Å². The number of rotatable bonds is 5. The van der Waals surface area contributed by atoms with Crippen LogP contribution in [0.25, 0.3) is 0 Å². The van der Waals surface area contributed by atoms with Crippen LogP contribution in [-0.4, -0.2) is 24.1 Å². The first kappa shape index (κ1) is 14.3. The van der Waals surface area contributed by atoms with Crippen LogP contribution >= 0.6 is 12.2 Å². The lowest BCUT2D eigenvalue weighted by Crippen LogP contribution is -2.19. The third-order valence-electron chi connectivity index (χ3n) is 2.96. The molecule has 0 aliphatic carbocycles. The van der Waals surface area contributed by atoms with E-state index >= 15 is 0 Å². The Morgan fingerprint density at radius 2 is 2.15 bits per heavy atom. The highest BCUT2D eigenvalue weighted by molar-refractivity contribution is 7.80. The minimum absolute atomic E-state index is 0.407. The minimum atomic E-state index is 0.407. The summed E-state index contributed by atoms with van der Waals surface area (Å²) in [5, 5.41) is 0. The third kappa shape index (κ3) is 3.24. The Bertz CT molecular complexity index is 616. The molecule has 0 unspecified atom stereocenters. The summed E-state index contributed by atoms with van der Waals surface area (Å²) in [5.41, 5.74) is 7.65. The number of hydrogen-bond donors (Lipinski definition) is 1. The molecule has 0 saturated carbocycles. The van der Waals surface area contributed by atoms with Crippen molar-refractivity contribution in [2.45, 2.75) is 6.54 Å². The van der Waals surface area contributed by atoms with Crippen LogP contribution in [0.15, 0.2) is 42.6 Å². The van der Waals surface area contributed by atoms with E-state index in [0.717, 1.165) is 22.7 Å². The lowest BCUT2D eigenvalue weighted by atomic mass is 10.1. The molecule has 4 nitrogen and oxygen atoms in total. The molecule has 104 valence electrons. The van der Waals surface area contributed by atoms with E-state index in [0.29, 0.717) is 11.5 Å². The molecule has 0 amide bonds. The van der Waals surface area contributed by atoms with Crippen LogP contribution in [0.5, 0.6) is 5.75 Å². The Morgan fingerprint density at radius 1 is 1.35 bits per heavy atom. The molecule has 2 N–H and O–H groups in total. The molecule has 0 aliphatic rings. The van der Waals surface area contributed by atoms with E-state index in [1.54, 1.807) is 13.3 Å². The second-order valence-electron chi connectivity index (χ2n) is 4.45. The van der Waals surface area contributed by atoms with Gasteiger partial charge in [0.25, 0.3) is 0 Å². The number of anilines is 1. The highest BCUT2D eigenvalue weighted by Crippen LogP contribution is 2.24. The van der Waals surface area contributed by atoms with Crippen LogP contribution in [0, 0.1) is 0 Å². The number of nitrogens with zero attached hydrogens (tertiary/aromatic N) is 2. The Labute approximate surface area is 124 Å². The number of methoxy groups -OCH3 is 1. The van der Waals surface area contributed by atoms with E-state index < -0.39 is 0 Å². The van der Waals surface area contributed by atoms with Gasteiger partial charge < -0.3 is 15.4 Å². The molecule has 0 atom stereocenters. The van der Waals surface area contributed by atoms with E-state index in [1.807, 2.05) is 48.3 Å². The van der Waals surface area contributed by atoms with Gasteiger partial charge in [0.15, 0.2) is 11.6 Å². The molecule has 0 bridgehead atoms. The van der Waals surface area contributed by atoms with E-state index in [2.05, 4.69) is 4.98 Å². The zero-order chi connectivity index (χ0) is 14.5. The fourth-order valence-electron chi connectivity index (χ4n) is 2.00. The van der Waals surface area contributed by atoms with Crippen LogP contribution in [-0.2, 0) is 6.54 Å². The van der Waals surface area contributed by atoms with Gasteiger partial charge >= 0.3 is 0 Å². The van der Waals surface area contributed by atoms with E-state index in [4.69, 9.17) is 22.7 Å². The largest absolute Gasteiger partial charge is 0.493 e. The topological polar surface area (TPSA) is 51.4 Å². The van der Waals surface area contributed by atoms with Gasteiger partial charge in [0, 0.05) is 25.4 Å². The average Bonchev–Trinajstić information content (AvgIpc) is 2.47. The smallest absolute Gasteiger partial charge is 0.171 e. The molecule has 20 heavy (non-hydrogen) atoms. The van der Waals surface area contributed by atoms with Crippen LogP contribution in [0.2, 0.25) is 0 Å². The first-order valence-corrected chi connectivity index (χ1v) is 6.61. The monoisotopic (exact) mass is 287 g/mol. The predicted octanol–water partition coefficient (Wildman–Crippen LogP) is 2.36. The standard InChI is InChI=1S/C15H17N3OS/c1-18(15-13(19-2)7-4-8-17-15)10-11-5-3-6-12(9-11)14(16)20/h3-9H,10H2,1-2H3,(H2,16,20). The zero-order valence-corrected chi connectivity index (χ0v) is 12.4. The summed E-state index contributed by atoms with van der Waals surface area (Å²) in [6.45, 7) is 0.698. The van der Waals surface area contributed by atoms with Gasteiger partial charge in [0.1, 0.15) is 4.99 Å². The van der Waals surface area contributed by atoms with Gasteiger partial charge in [-0.05, 0) is 23.8 Å². The number of nitrogens with two attached hydrogens (primary N) is 1. The van der Waals surface area contributed by atoms with Gasteiger partial charge in [0.2, 0.25) is 0 Å². The molecular weight excluding hydrogens is 270 g/mol. The summed E-state index contributed by atoms with van der Waals surface area (Å²) >= 11 is 5.00. The highest BCUT2D eigenvalue weighted by Gasteiger charge is 2.10. The van der Waals surface area contributed by atoms with Crippen molar-refractivity contribution in [1.29, 1.82) is 0 Å². The summed E-state index contributed by atoms with van der Waals surface area (Å²) in [5.74, 6) is 1.55. The first-order chi connectivity index (χ1) is 9.61. The lowest BCUT2D eigenvalue weighted by molar-refractivity contribution is 0.413. The number of hydrogen-bond acceptors (Lipinski definition) is 4. The normalized spacial score (nSPS) is 10.1. The Balaban J connectivity index is 2.21. The molecule has 1 aromatic heterocycles. The molecule has 0 radical (unpaired) electrons. The van der Waals surface area contributed by atoms with Gasteiger partial charge in [-0.1, -0.05) is 30.4 Å². The van der Waals surface area contributed by atoms with Crippen molar-refractivity contribution in [2.75, 3.05) is 19.1 Å². The zero-order valence-electron chi connectivity index (χ0n) is 11.5. The molecule has 0 aliphatic heterocycles. The fraction of sp³-hybridized carbons (Fsp3) is 0.200. The van der Waals surface area contributed by atoms with Crippen LogP contribution in [0.3, 0.4) is 0 Å². The Kier molecular flexibility index (Phi) is 4.53. The maximum atomic E-state index is 5.66. The quantitative estimate of drug-likeness (QED) is 0.856. The fourth-order valence-corrected chi connectivity index (χ4v) is 2.13. The van der Waals surface area contributed by atoms with Crippen molar-refractivity contribution in [3.05, 3.63) is 53.7 Å². The molecular formula is C15H17N3OS. The molecule has 5 heteroatoms. The van der Waals surface area contributed by atoms with E-state index in [1.165, 1.54) is 0 Å². The summed E-state index contributed by atoms with van der Waals surface area (Å²) in [6, 6.07) is 11.6. The first-order valence-electron chi connectivity index (χ1n) is 6.20. The molecule has 2 rings (SSSR count). The molecule has 1 aromatic carbocycles. The van der Waals surface area contributed by atoms with Gasteiger partial charge in [-0.15, -0.1) is 0 Å². The van der Waals surface area contributed by atoms with Crippen molar-refractivity contribution in [3.63, 3.8) is 0 Å². The second kappa shape index (κ2) is 6.34. The SMILES string of the molecule is COc1cccnc1N(C)Cc1cccc(C(N)=S)c1. The van der Waals surface area contributed by atoms with E-state index in [9.17, 15) is 0 Å². The van der Waals surface area contributed by atoms with Gasteiger partial charge in [0.05, 0.1) is 7.11 Å². The summed E-state index contributed by atoms with van der Waals surface area (Å²) < 4.78 is 5.32. The maximum Gasteiger partial charge on any atom is 0.171 e. The van der Waals surface area contributed by atoms with Crippen LogP contribution in [0.1, 0.15) is 11.1 Å². The van der Waals surface area contributed by atoms with Crippen LogP contribution in [0.4, 0.5) is 5.82 Å².